The Balaban J connectivity index is 1.78. The van der Waals surface area contributed by atoms with E-state index in [1.165, 1.54) is 0 Å². The molecule has 2 aromatic carbocycles. The average Bonchev–Trinajstić information content (AvgIpc) is 3.28. The van der Waals surface area contributed by atoms with Crippen LogP contribution in [0.1, 0.15) is 52.2 Å². The van der Waals surface area contributed by atoms with Crippen LogP contribution in [-0.4, -0.2) is 41.1 Å². The largest absolute Gasteiger partial charge is 0.464 e. The molecule has 2 amide bonds. The fourth-order valence-corrected chi connectivity index (χ4v) is 3.84. The molecular formula is C29H36N2O6. The lowest BCUT2D eigenvalue weighted by atomic mass is 10.1. The van der Waals surface area contributed by atoms with Crippen LogP contribution >= 0.6 is 0 Å². The maximum Gasteiger partial charge on any atom is 0.408 e. The summed E-state index contributed by atoms with van der Waals surface area (Å²) in [6.45, 7) is 10.0. The van der Waals surface area contributed by atoms with Crippen LogP contribution in [0.25, 0.3) is 11.0 Å². The van der Waals surface area contributed by atoms with Gasteiger partial charge in [0.2, 0.25) is 5.91 Å². The highest BCUT2D eigenvalue weighted by Crippen LogP contribution is 2.19. The van der Waals surface area contributed by atoms with Crippen molar-refractivity contribution in [1.82, 2.24) is 10.2 Å². The number of amides is 2. The second kappa shape index (κ2) is 12.4. The maximum atomic E-state index is 13.7. The Kier molecular flexibility index (Phi) is 9.33. The molecule has 0 spiro atoms. The molecule has 198 valence electrons. The minimum atomic E-state index is -1.14. The van der Waals surface area contributed by atoms with E-state index in [0.29, 0.717) is 13.1 Å². The van der Waals surface area contributed by atoms with Crippen molar-refractivity contribution in [3.05, 3.63) is 72.0 Å². The number of hydrogen-bond acceptors (Lipinski definition) is 6. The summed E-state index contributed by atoms with van der Waals surface area (Å²) in [5, 5.41) is 3.53. The van der Waals surface area contributed by atoms with Gasteiger partial charge in [0.05, 0.1) is 12.7 Å². The molecule has 8 heteroatoms. The van der Waals surface area contributed by atoms with Gasteiger partial charge >= 0.3 is 12.1 Å². The second-order valence-corrected chi connectivity index (χ2v) is 10.5. The Morgan fingerprint density at radius 2 is 1.73 bits per heavy atom. The quantitative estimate of drug-likeness (QED) is 0.366. The fraction of sp³-hybridized carbons (Fsp3) is 0.414. The van der Waals surface area contributed by atoms with Crippen LogP contribution in [0, 0.1) is 5.92 Å². The summed E-state index contributed by atoms with van der Waals surface area (Å²) in [6.07, 6.45) is 0.527. The minimum Gasteiger partial charge on any atom is -0.464 e. The average molecular weight is 509 g/mol. The maximum absolute atomic E-state index is 13.7. The standard InChI is InChI=1S/C29H36N2O6/c1-20(2)17-31(18-22-11-12-25-23(15-22)13-14-35-25)27(33)24(30-28(34)37-29(3,4)5)16-26(32)36-19-21-9-7-6-8-10-21/h6-15,20,24H,16-19H2,1-5H3,(H,30,34)/t24-/m0/s1. The molecule has 37 heavy (non-hydrogen) atoms. The summed E-state index contributed by atoms with van der Waals surface area (Å²) in [4.78, 5) is 40.7. The van der Waals surface area contributed by atoms with E-state index < -0.39 is 23.7 Å². The van der Waals surface area contributed by atoms with E-state index in [1.54, 1.807) is 31.9 Å². The molecule has 0 radical (unpaired) electrons. The van der Waals surface area contributed by atoms with E-state index in [2.05, 4.69) is 5.32 Å². The number of carbonyl (C=O) groups is 3. The van der Waals surface area contributed by atoms with Crippen molar-refractivity contribution in [1.29, 1.82) is 0 Å². The van der Waals surface area contributed by atoms with Gasteiger partial charge in [0.15, 0.2) is 0 Å². The van der Waals surface area contributed by atoms with Crippen molar-refractivity contribution in [3.8, 4) is 0 Å². The molecule has 1 N–H and O–H groups in total. The molecular weight excluding hydrogens is 472 g/mol. The van der Waals surface area contributed by atoms with Gasteiger partial charge in [-0.25, -0.2) is 4.79 Å². The first-order valence-electron chi connectivity index (χ1n) is 12.4. The highest BCUT2D eigenvalue weighted by atomic mass is 16.6. The van der Waals surface area contributed by atoms with E-state index in [4.69, 9.17) is 13.9 Å². The smallest absolute Gasteiger partial charge is 0.408 e. The number of fused-ring (bicyclic) bond motifs is 1. The van der Waals surface area contributed by atoms with E-state index >= 15 is 0 Å². The number of hydrogen-bond donors (Lipinski definition) is 1. The summed E-state index contributed by atoms with van der Waals surface area (Å²) in [6, 6.07) is 15.7. The zero-order valence-electron chi connectivity index (χ0n) is 22.2. The third-order valence-electron chi connectivity index (χ3n) is 5.39. The molecule has 1 heterocycles. The number of alkyl carbamates (subject to hydrolysis) is 1. The zero-order chi connectivity index (χ0) is 27.0. The van der Waals surface area contributed by atoms with Crippen LogP contribution in [0.4, 0.5) is 4.79 Å². The van der Waals surface area contributed by atoms with E-state index in [1.807, 2.05) is 68.4 Å². The number of nitrogens with one attached hydrogen (secondary N) is 1. The molecule has 0 unspecified atom stereocenters. The lowest BCUT2D eigenvalue weighted by Gasteiger charge is -2.30. The van der Waals surface area contributed by atoms with Gasteiger partial charge in [0.1, 0.15) is 23.8 Å². The zero-order valence-corrected chi connectivity index (χ0v) is 22.2. The van der Waals surface area contributed by atoms with Gasteiger partial charge < -0.3 is 24.1 Å². The van der Waals surface area contributed by atoms with Crippen molar-refractivity contribution in [2.45, 2.75) is 65.8 Å². The van der Waals surface area contributed by atoms with Crippen molar-refractivity contribution in [3.63, 3.8) is 0 Å². The predicted octanol–water partition coefficient (Wildman–Crippen LogP) is 5.44. The van der Waals surface area contributed by atoms with Crippen LogP contribution in [0.5, 0.6) is 0 Å². The predicted molar refractivity (Wildman–Crippen MR) is 140 cm³/mol. The molecule has 0 aliphatic heterocycles. The lowest BCUT2D eigenvalue weighted by Crippen LogP contribution is -2.51. The van der Waals surface area contributed by atoms with Crippen LogP contribution < -0.4 is 5.32 Å². The van der Waals surface area contributed by atoms with Crippen LogP contribution in [-0.2, 0) is 32.2 Å². The van der Waals surface area contributed by atoms with Gasteiger partial charge in [-0.15, -0.1) is 0 Å². The molecule has 0 fully saturated rings. The van der Waals surface area contributed by atoms with Crippen molar-refractivity contribution in [2.24, 2.45) is 5.92 Å². The highest BCUT2D eigenvalue weighted by Gasteiger charge is 2.31. The summed E-state index contributed by atoms with van der Waals surface area (Å²) in [5.74, 6) is -0.820. The number of rotatable bonds is 10. The van der Waals surface area contributed by atoms with Crippen LogP contribution in [0.15, 0.2) is 65.3 Å². The number of benzene rings is 2. The number of ether oxygens (including phenoxy) is 2. The van der Waals surface area contributed by atoms with E-state index in [-0.39, 0.29) is 24.9 Å². The Hall–Kier alpha value is -3.81. The molecule has 0 aliphatic rings. The molecule has 0 bridgehead atoms. The first-order valence-corrected chi connectivity index (χ1v) is 12.4. The van der Waals surface area contributed by atoms with E-state index in [9.17, 15) is 14.4 Å². The third-order valence-corrected chi connectivity index (χ3v) is 5.39. The SMILES string of the molecule is CC(C)CN(Cc1ccc2occc2c1)C(=O)[C@H](CC(=O)OCc1ccccc1)NC(=O)OC(C)(C)C. The first-order chi connectivity index (χ1) is 17.5. The number of nitrogens with zero attached hydrogens (tertiary/aromatic N) is 1. The van der Waals surface area contributed by atoms with Crippen LogP contribution in [0.2, 0.25) is 0 Å². The normalized spacial score (nSPS) is 12.3. The van der Waals surface area contributed by atoms with Crippen molar-refractivity contribution < 1.29 is 28.3 Å². The van der Waals surface area contributed by atoms with Gasteiger partial charge in [-0.3, -0.25) is 9.59 Å². The third kappa shape index (κ3) is 8.97. The van der Waals surface area contributed by atoms with Crippen molar-refractivity contribution in [2.75, 3.05) is 6.54 Å². The van der Waals surface area contributed by atoms with Gasteiger partial charge in [-0.2, -0.15) is 0 Å². The number of furan rings is 1. The topological polar surface area (TPSA) is 98.1 Å². The molecule has 3 aromatic rings. The summed E-state index contributed by atoms with van der Waals surface area (Å²) < 4.78 is 16.2. The number of esters is 1. The lowest BCUT2D eigenvalue weighted by molar-refractivity contribution is -0.148. The molecule has 1 atom stereocenters. The van der Waals surface area contributed by atoms with Gasteiger partial charge in [0.25, 0.3) is 0 Å². The van der Waals surface area contributed by atoms with Crippen molar-refractivity contribution >= 4 is 28.9 Å². The Bertz CT molecular complexity index is 1200. The van der Waals surface area contributed by atoms with Gasteiger partial charge in [-0.05, 0) is 56.0 Å². The fourth-order valence-electron chi connectivity index (χ4n) is 3.84. The molecule has 0 saturated carbocycles. The minimum absolute atomic E-state index is 0.0768. The monoisotopic (exact) mass is 508 g/mol. The molecule has 0 aliphatic carbocycles. The molecule has 3 rings (SSSR count). The molecule has 8 nitrogen and oxygen atoms in total. The first kappa shape index (κ1) is 27.8. The summed E-state index contributed by atoms with van der Waals surface area (Å²) >= 11 is 0. The van der Waals surface area contributed by atoms with Gasteiger partial charge in [0, 0.05) is 18.5 Å². The van der Waals surface area contributed by atoms with Gasteiger partial charge in [-0.1, -0.05) is 50.2 Å². The highest BCUT2D eigenvalue weighted by molar-refractivity contribution is 5.90. The Labute approximate surface area is 217 Å². The second-order valence-electron chi connectivity index (χ2n) is 10.5. The molecule has 0 saturated heterocycles. The molecule has 1 aromatic heterocycles. The van der Waals surface area contributed by atoms with E-state index in [0.717, 1.165) is 22.1 Å². The van der Waals surface area contributed by atoms with Crippen LogP contribution in [0.3, 0.4) is 0 Å². The summed E-state index contributed by atoms with van der Waals surface area (Å²) in [5.41, 5.74) is 1.74. The number of carbonyl (C=O) groups excluding carboxylic acids is 3. The summed E-state index contributed by atoms with van der Waals surface area (Å²) in [7, 11) is 0. The Morgan fingerprint density at radius 1 is 1.00 bits per heavy atom. The Morgan fingerprint density at radius 3 is 2.41 bits per heavy atom.